The Bertz CT molecular complexity index is 442. The minimum Gasteiger partial charge on any atom is -0.382 e. The number of hydrogen-bond acceptors (Lipinski definition) is 1. The van der Waals surface area contributed by atoms with Gasteiger partial charge in [0.2, 0.25) is 0 Å². The van der Waals surface area contributed by atoms with Gasteiger partial charge in [-0.25, -0.2) is 0 Å². The predicted octanol–water partition coefficient (Wildman–Crippen LogP) is 6.08. The van der Waals surface area contributed by atoms with Gasteiger partial charge < -0.3 is 5.32 Å². The lowest BCUT2D eigenvalue weighted by molar-refractivity contribution is 0.173. The third-order valence-electron chi connectivity index (χ3n) is 4.76. The van der Waals surface area contributed by atoms with Crippen molar-refractivity contribution >= 4 is 21.6 Å². The van der Waals surface area contributed by atoms with E-state index in [0.717, 1.165) is 5.92 Å². The van der Waals surface area contributed by atoms with Gasteiger partial charge in [0, 0.05) is 16.2 Å². The highest BCUT2D eigenvalue weighted by atomic mass is 79.9. The van der Waals surface area contributed by atoms with Crippen LogP contribution in [0.5, 0.6) is 0 Å². The minimum absolute atomic E-state index is 0.468. The molecule has 1 aliphatic rings. The largest absolute Gasteiger partial charge is 0.382 e. The van der Waals surface area contributed by atoms with E-state index in [2.05, 4.69) is 68.0 Å². The Kier molecular flexibility index (Phi) is 4.84. The van der Waals surface area contributed by atoms with Crippen LogP contribution in [-0.4, -0.2) is 6.04 Å². The maximum atomic E-state index is 3.74. The fraction of sp³-hybridized carbons (Fsp3) is 0.667. The Morgan fingerprint density at radius 1 is 1.00 bits per heavy atom. The molecule has 1 aromatic rings. The number of anilines is 1. The van der Waals surface area contributed by atoms with Gasteiger partial charge in [-0.1, -0.05) is 36.7 Å². The molecule has 0 unspecified atom stereocenters. The molecule has 2 rings (SSSR count). The minimum atomic E-state index is 0.468. The molecule has 0 aliphatic heterocycles. The summed E-state index contributed by atoms with van der Waals surface area (Å²) in [7, 11) is 0. The number of nitrogens with one attached hydrogen (secondary N) is 1. The first kappa shape index (κ1) is 15.9. The second kappa shape index (κ2) is 6.09. The molecule has 0 spiro atoms. The Balaban J connectivity index is 1.96. The number of hydrogen-bond donors (Lipinski definition) is 1. The first-order valence-corrected chi connectivity index (χ1v) is 8.60. The van der Waals surface area contributed by atoms with Crippen LogP contribution in [0.1, 0.15) is 57.6 Å². The number of rotatable bonds is 2. The van der Waals surface area contributed by atoms with Gasteiger partial charge in [-0.05, 0) is 74.1 Å². The summed E-state index contributed by atoms with van der Waals surface area (Å²) in [5.74, 6) is 0.883. The molecule has 0 amide bonds. The van der Waals surface area contributed by atoms with Crippen LogP contribution >= 0.6 is 15.9 Å². The van der Waals surface area contributed by atoms with Gasteiger partial charge in [-0.2, -0.15) is 0 Å². The predicted molar refractivity (Wildman–Crippen MR) is 92.4 cm³/mol. The van der Waals surface area contributed by atoms with Crippen LogP contribution in [-0.2, 0) is 0 Å². The highest BCUT2D eigenvalue weighted by Crippen LogP contribution is 2.38. The summed E-state index contributed by atoms with van der Waals surface area (Å²) in [5.41, 5.74) is 4.38. The lowest BCUT2D eigenvalue weighted by atomic mass is 9.71. The van der Waals surface area contributed by atoms with Crippen LogP contribution in [0, 0.1) is 25.2 Å². The van der Waals surface area contributed by atoms with E-state index in [1.165, 1.54) is 47.0 Å². The Labute approximate surface area is 132 Å². The van der Waals surface area contributed by atoms with E-state index in [0.29, 0.717) is 11.5 Å². The normalized spacial score (nSPS) is 23.7. The summed E-state index contributed by atoms with van der Waals surface area (Å²) in [6.45, 7) is 11.5. The van der Waals surface area contributed by atoms with E-state index in [4.69, 9.17) is 0 Å². The second-order valence-corrected chi connectivity index (χ2v) is 8.28. The van der Waals surface area contributed by atoms with Crippen molar-refractivity contribution in [2.45, 2.75) is 66.3 Å². The fourth-order valence-corrected chi connectivity index (χ4v) is 3.60. The second-order valence-electron chi connectivity index (χ2n) is 7.48. The van der Waals surface area contributed by atoms with Crippen molar-refractivity contribution in [2.24, 2.45) is 11.3 Å². The summed E-state index contributed by atoms with van der Waals surface area (Å²) in [6.07, 6.45) is 5.32. The molecule has 20 heavy (non-hydrogen) atoms. The van der Waals surface area contributed by atoms with Crippen molar-refractivity contribution in [3.05, 3.63) is 27.7 Å². The molecule has 1 aliphatic carbocycles. The zero-order chi connectivity index (χ0) is 14.9. The SMILES string of the molecule is Cc1cc(NC2CCC(C(C)(C)C)CC2)cc(C)c1Br. The van der Waals surface area contributed by atoms with Crippen molar-refractivity contribution < 1.29 is 0 Å². The lowest BCUT2D eigenvalue weighted by Gasteiger charge is -2.37. The van der Waals surface area contributed by atoms with Crippen LogP contribution in [0.25, 0.3) is 0 Å². The molecular weight excluding hydrogens is 310 g/mol. The van der Waals surface area contributed by atoms with E-state index in [1.54, 1.807) is 0 Å². The molecule has 0 atom stereocenters. The Morgan fingerprint density at radius 3 is 1.95 bits per heavy atom. The van der Waals surface area contributed by atoms with Crippen molar-refractivity contribution in [3.8, 4) is 0 Å². The molecule has 1 saturated carbocycles. The standard InChI is InChI=1S/C18H28BrN/c1-12-10-16(11-13(2)17(12)19)20-15-8-6-14(7-9-15)18(3,4)5/h10-11,14-15,20H,6-9H2,1-5H3. The molecule has 0 radical (unpaired) electrons. The van der Waals surface area contributed by atoms with Gasteiger partial charge in [-0.3, -0.25) is 0 Å². The maximum absolute atomic E-state index is 3.74. The average Bonchev–Trinajstić information content (AvgIpc) is 2.35. The van der Waals surface area contributed by atoms with Crippen LogP contribution < -0.4 is 5.32 Å². The molecule has 1 N–H and O–H groups in total. The molecule has 2 heteroatoms. The van der Waals surface area contributed by atoms with Crippen LogP contribution in [0.2, 0.25) is 0 Å². The quantitative estimate of drug-likeness (QED) is 0.689. The molecule has 1 nitrogen and oxygen atoms in total. The summed E-state index contributed by atoms with van der Waals surface area (Å²) < 4.78 is 1.24. The molecule has 0 aromatic heterocycles. The smallest absolute Gasteiger partial charge is 0.0348 e. The molecule has 1 fully saturated rings. The third kappa shape index (κ3) is 3.78. The summed E-state index contributed by atoms with van der Waals surface area (Å²) >= 11 is 3.64. The molecule has 1 aromatic carbocycles. The first-order valence-electron chi connectivity index (χ1n) is 7.80. The molecular formula is C18H28BrN. The van der Waals surface area contributed by atoms with Gasteiger partial charge in [0.1, 0.15) is 0 Å². The van der Waals surface area contributed by atoms with Crippen molar-refractivity contribution in [1.82, 2.24) is 0 Å². The fourth-order valence-electron chi connectivity index (χ4n) is 3.37. The van der Waals surface area contributed by atoms with Crippen molar-refractivity contribution in [2.75, 3.05) is 5.32 Å². The van der Waals surface area contributed by atoms with Gasteiger partial charge in [0.15, 0.2) is 0 Å². The lowest BCUT2D eigenvalue weighted by Crippen LogP contribution is -2.31. The summed E-state index contributed by atoms with van der Waals surface area (Å²) in [4.78, 5) is 0. The van der Waals surface area contributed by atoms with Gasteiger partial charge in [-0.15, -0.1) is 0 Å². The Morgan fingerprint density at radius 2 is 1.50 bits per heavy atom. The van der Waals surface area contributed by atoms with E-state index in [9.17, 15) is 0 Å². The molecule has 112 valence electrons. The topological polar surface area (TPSA) is 12.0 Å². The average molecular weight is 338 g/mol. The van der Waals surface area contributed by atoms with Crippen molar-refractivity contribution in [3.63, 3.8) is 0 Å². The highest BCUT2D eigenvalue weighted by Gasteiger charge is 2.29. The number of benzene rings is 1. The van der Waals surface area contributed by atoms with Crippen molar-refractivity contribution in [1.29, 1.82) is 0 Å². The molecule has 0 bridgehead atoms. The summed E-state index contributed by atoms with van der Waals surface area (Å²) in [5, 5.41) is 3.74. The zero-order valence-corrected chi connectivity index (χ0v) is 15.1. The van der Waals surface area contributed by atoms with Crippen LogP contribution in [0.4, 0.5) is 5.69 Å². The third-order valence-corrected chi connectivity index (χ3v) is 6.01. The van der Waals surface area contributed by atoms with Gasteiger partial charge >= 0.3 is 0 Å². The van der Waals surface area contributed by atoms with E-state index in [-0.39, 0.29) is 0 Å². The van der Waals surface area contributed by atoms with Gasteiger partial charge in [0.25, 0.3) is 0 Å². The number of halogens is 1. The van der Waals surface area contributed by atoms with Crippen LogP contribution in [0.3, 0.4) is 0 Å². The maximum Gasteiger partial charge on any atom is 0.0348 e. The van der Waals surface area contributed by atoms with Gasteiger partial charge in [0.05, 0.1) is 0 Å². The zero-order valence-electron chi connectivity index (χ0n) is 13.5. The first-order chi connectivity index (χ1) is 9.27. The molecule has 0 saturated heterocycles. The number of aryl methyl sites for hydroxylation is 2. The van der Waals surface area contributed by atoms with E-state index in [1.807, 2.05) is 0 Å². The molecule has 0 heterocycles. The van der Waals surface area contributed by atoms with E-state index >= 15 is 0 Å². The Hall–Kier alpha value is -0.500. The highest BCUT2D eigenvalue weighted by molar-refractivity contribution is 9.10. The van der Waals surface area contributed by atoms with E-state index < -0.39 is 0 Å². The summed E-state index contributed by atoms with van der Waals surface area (Å²) in [6, 6.07) is 5.16. The van der Waals surface area contributed by atoms with Crippen LogP contribution in [0.15, 0.2) is 16.6 Å². The monoisotopic (exact) mass is 337 g/mol.